The number of benzene rings is 1. The van der Waals surface area contributed by atoms with Gasteiger partial charge in [-0.05, 0) is 6.07 Å². The Balaban J connectivity index is 2.65. The molecule has 0 fully saturated rings. The maximum Gasteiger partial charge on any atom is 0.358 e. The van der Waals surface area contributed by atoms with Crippen LogP contribution in [0.1, 0.15) is 10.5 Å². The first kappa shape index (κ1) is 11.1. The number of rotatable bonds is 4. The summed E-state index contributed by atoms with van der Waals surface area (Å²) in [5, 5.41) is 20.4. The standard InChI is InChI=1S/C12H11N3O2/c1-2-7-13-10-8-5-3-4-6-9(8)14-15-11(10)12(16)17/h2-6H,1,7H2,(H,13,14)(H,16,17). The van der Waals surface area contributed by atoms with Gasteiger partial charge in [0.15, 0.2) is 5.69 Å². The number of aromatic carboxylic acids is 1. The highest BCUT2D eigenvalue weighted by atomic mass is 16.4. The SMILES string of the molecule is C=CCNc1c(C(=O)O)nnc2ccccc12. The molecule has 86 valence electrons. The van der Waals surface area contributed by atoms with Gasteiger partial charge in [-0.15, -0.1) is 16.8 Å². The maximum atomic E-state index is 11.1. The summed E-state index contributed by atoms with van der Waals surface area (Å²) in [6.07, 6.45) is 1.65. The van der Waals surface area contributed by atoms with Gasteiger partial charge in [0.05, 0.1) is 11.2 Å². The van der Waals surface area contributed by atoms with Crippen molar-refractivity contribution in [1.82, 2.24) is 10.2 Å². The summed E-state index contributed by atoms with van der Waals surface area (Å²) >= 11 is 0. The molecular weight excluding hydrogens is 218 g/mol. The Morgan fingerprint density at radius 2 is 2.18 bits per heavy atom. The number of hydrogen-bond acceptors (Lipinski definition) is 4. The highest BCUT2D eigenvalue weighted by Gasteiger charge is 2.15. The first-order valence-corrected chi connectivity index (χ1v) is 5.07. The minimum Gasteiger partial charge on any atom is -0.476 e. The molecule has 0 saturated carbocycles. The third kappa shape index (κ3) is 2.08. The van der Waals surface area contributed by atoms with Crippen molar-refractivity contribution in [2.24, 2.45) is 0 Å². The quantitative estimate of drug-likeness (QED) is 0.783. The fourth-order valence-electron chi connectivity index (χ4n) is 1.56. The fraction of sp³-hybridized carbons (Fsp3) is 0.0833. The normalized spacial score (nSPS) is 10.1. The molecule has 0 unspecified atom stereocenters. The van der Waals surface area contributed by atoms with Gasteiger partial charge in [0.25, 0.3) is 0 Å². The number of anilines is 1. The summed E-state index contributed by atoms with van der Waals surface area (Å²) in [7, 11) is 0. The second kappa shape index (κ2) is 4.61. The second-order valence-electron chi connectivity index (χ2n) is 3.42. The molecule has 0 radical (unpaired) electrons. The zero-order valence-corrected chi connectivity index (χ0v) is 9.05. The van der Waals surface area contributed by atoms with E-state index >= 15 is 0 Å². The number of hydrogen-bond donors (Lipinski definition) is 2. The van der Waals surface area contributed by atoms with Gasteiger partial charge in [-0.1, -0.05) is 24.3 Å². The molecule has 5 heteroatoms. The number of carbonyl (C=O) groups is 1. The monoisotopic (exact) mass is 229 g/mol. The number of fused-ring (bicyclic) bond motifs is 1. The molecule has 17 heavy (non-hydrogen) atoms. The summed E-state index contributed by atoms with van der Waals surface area (Å²) in [5.41, 5.74) is 1.05. The van der Waals surface area contributed by atoms with E-state index in [0.29, 0.717) is 17.7 Å². The molecule has 1 aromatic heterocycles. The van der Waals surface area contributed by atoms with Gasteiger partial charge in [0, 0.05) is 11.9 Å². The van der Waals surface area contributed by atoms with E-state index in [2.05, 4.69) is 22.1 Å². The van der Waals surface area contributed by atoms with E-state index in [1.807, 2.05) is 18.2 Å². The lowest BCUT2D eigenvalue weighted by atomic mass is 10.1. The molecule has 0 aliphatic heterocycles. The van der Waals surface area contributed by atoms with Crippen molar-refractivity contribution in [3.8, 4) is 0 Å². The zero-order valence-electron chi connectivity index (χ0n) is 9.05. The summed E-state index contributed by atoms with van der Waals surface area (Å²) in [6, 6.07) is 7.25. The van der Waals surface area contributed by atoms with Gasteiger partial charge in [-0.3, -0.25) is 0 Å². The van der Waals surface area contributed by atoms with Crippen molar-refractivity contribution in [2.75, 3.05) is 11.9 Å². The topological polar surface area (TPSA) is 75.1 Å². The molecule has 0 aliphatic carbocycles. The van der Waals surface area contributed by atoms with Crippen LogP contribution < -0.4 is 5.32 Å². The predicted octanol–water partition coefficient (Wildman–Crippen LogP) is 1.93. The molecule has 2 aromatic rings. The van der Waals surface area contributed by atoms with Gasteiger partial charge in [0.2, 0.25) is 0 Å². The van der Waals surface area contributed by atoms with Gasteiger partial charge < -0.3 is 10.4 Å². The minimum absolute atomic E-state index is 0.0782. The highest BCUT2D eigenvalue weighted by Crippen LogP contribution is 2.23. The van der Waals surface area contributed by atoms with Crippen LogP contribution in [0, 0.1) is 0 Å². The number of carboxylic acids is 1. The summed E-state index contributed by atoms with van der Waals surface area (Å²) in [4.78, 5) is 11.1. The Morgan fingerprint density at radius 3 is 2.88 bits per heavy atom. The minimum atomic E-state index is -1.10. The third-order valence-electron chi connectivity index (χ3n) is 2.29. The fourth-order valence-corrected chi connectivity index (χ4v) is 1.56. The Labute approximate surface area is 97.8 Å². The van der Waals surface area contributed by atoms with Crippen molar-refractivity contribution in [2.45, 2.75) is 0 Å². The molecule has 1 heterocycles. The average Bonchev–Trinajstić information content (AvgIpc) is 2.35. The first-order chi connectivity index (χ1) is 8.24. The summed E-state index contributed by atoms with van der Waals surface area (Å²) < 4.78 is 0. The molecule has 2 N–H and O–H groups in total. The lowest BCUT2D eigenvalue weighted by Gasteiger charge is -2.09. The van der Waals surface area contributed by atoms with E-state index in [1.165, 1.54) is 0 Å². The first-order valence-electron chi connectivity index (χ1n) is 5.07. The molecule has 0 atom stereocenters. The van der Waals surface area contributed by atoms with Crippen molar-refractivity contribution in [3.05, 3.63) is 42.6 Å². The van der Waals surface area contributed by atoms with E-state index in [1.54, 1.807) is 12.1 Å². The van der Waals surface area contributed by atoms with Crippen molar-refractivity contribution in [3.63, 3.8) is 0 Å². The largest absolute Gasteiger partial charge is 0.476 e. The molecule has 2 rings (SSSR count). The Morgan fingerprint density at radius 1 is 1.41 bits per heavy atom. The van der Waals surface area contributed by atoms with E-state index in [0.717, 1.165) is 5.39 Å². The summed E-state index contributed by atoms with van der Waals surface area (Å²) in [5.74, 6) is -1.10. The molecule has 0 bridgehead atoms. The zero-order chi connectivity index (χ0) is 12.3. The number of nitrogens with zero attached hydrogens (tertiary/aromatic N) is 2. The maximum absolute atomic E-state index is 11.1. The van der Waals surface area contributed by atoms with E-state index in [9.17, 15) is 4.79 Å². The molecule has 5 nitrogen and oxygen atoms in total. The predicted molar refractivity (Wildman–Crippen MR) is 65.2 cm³/mol. The van der Waals surface area contributed by atoms with Crippen LogP contribution in [-0.2, 0) is 0 Å². The lowest BCUT2D eigenvalue weighted by Crippen LogP contribution is -2.10. The Kier molecular flexibility index (Phi) is 3.00. The van der Waals surface area contributed by atoms with Crippen LogP contribution in [0.25, 0.3) is 10.9 Å². The van der Waals surface area contributed by atoms with Gasteiger partial charge >= 0.3 is 5.97 Å². The van der Waals surface area contributed by atoms with Crippen LogP contribution in [0.3, 0.4) is 0 Å². The Hall–Kier alpha value is -2.43. The molecule has 0 aliphatic rings. The molecule has 0 spiro atoms. The molecule has 0 saturated heterocycles. The third-order valence-corrected chi connectivity index (χ3v) is 2.29. The van der Waals surface area contributed by atoms with Crippen LogP contribution in [-0.4, -0.2) is 27.8 Å². The van der Waals surface area contributed by atoms with Gasteiger partial charge in [0.1, 0.15) is 0 Å². The van der Waals surface area contributed by atoms with Gasteiger partial charge in [-0.2, -0.15) is 0 Å². The second-order valence-corrected chi connectivity index (χ2v) is 3.42. The number of nitrogens with one attached hydrogen (secondary N) is 1. The van der Waals surface area contributed by atoms with E-state index < -0.39 is 5.97 Å². The Bertz CT molecular complexity index is 581. The van der Waals surface area contributed by atoms with Crippen LogP contribution in [0.15, 0.2) is 36.9 Å². The van der Waals surface area contributed by atoms with Crippen molar-refractivity contribution < 1.29 is 9.90 Å². The molecule has 1 aromatic carbocycles. The van der Waals surface area contributed by atoms with Crippen molar-refractivity contribution >= 4 is 22.6 Å². The van der Waals surface area contributed by atoms with E-state index in [-0.39, 0.29) is 5.69 Å². The van der Waals surface area contributed by atoms with Crippen LogP contribution >= 0.6 is 0 Å². The smallest absolute Gasteiger partial charge is 0.358 e. The lowest BCUT2D eigenvalue weighted by molar-refractivity contribution is 0.0690. The van der Waals surface area contributed by atoms with Crippen molar-refractivity contribution in [1.29, 1.82) is 0 Å². The molecular formula is C12H11N3O2. The van der Waals surface area contributed by atoms with Crippen LogP contribution in [0.4, 0.5) is 5.69 Å². The highest BCUT2D eigenvalue weighted by molar-refractivity contribution is 6.02. The van der Waals surface area contributed by atoms with Crippen LogP contribution in [0.2, 0.25) is 0 Å². The number of aromatic nitrogens is 2. The van der Waals surface area contributed by atoms with Gasteiger partial charge in [-0.25, -0.2) is 4.79 Å². The number of carboxylic acid groups (broad SMARTS) is 1. The average molecular weight is 229 g/mol. The van der Waals surface area contributed by atoms with E-state index in [4.69, 9.17) is 5.11 Å². The molecule has 0 amide bonds. The summed E-state index contributed by atoms with van der Waals surface area (Å²) in [6.45, 7) is 4.05. The van der Waals surface area contributed by atoms with Crippen LogP contribution in [0.5, 0.6) is 0 Å².